The molecule has 0 heterocycles. The van der Waals surface area contributed by atoms with E-state index in [0.717, 1.165) is 38.5 Å². The molecule has 2 rings (SSSR count). The predicted molar refractivity (Wildman–Crippen MR) is 46.4 cm³/mol. The van der Waals surface area contributed by atoms with Gasteiger partial charge in [-0.25, -0.2) is 8.37 Å². The van der Waals surface area contributed by atoms with E-state index in [0.29, 0.717) is 0 Å². The van der Waals surface area contributed by atoms with Crippen LogP contribution in [0.15, 0.2) is 0 Å². The summed E-state index contributed by atoms with van der Waals surface area (Å²) in [6, 6.07) is 0. The van der Waals surface area contributed by atoms with Crippen molar-refractivity contribution in [1.82, 2.24) is 0 Å². The molecule has 0 spiro atoms. The highest BCUT2D eigenvalue weighted by Gasteiger charge is 2.30. The molecule has 0 aliphatic heterocycles. The Kier molecular flexibility index (Phi) is 2.58. The van der Waals surface area contributed by atoms with Crippen molar-refractivity contribution in [3.63, 3.8) is 0 Å². The second kappa shape index (κ2) is 3.55. The van der Waals surface area contributed by atoms with E-state index in [1.165, 1.54) is 0 Å². The molecule has 2 aliphatic carbocycles. The van der Waals surface area contributed by atoms with Crippen LogP contribution in [0.4, 0.5) is 0 Å². The van der Waals surface area contributed by atoms with E-state index >= 15 is 0 Å². The molecule has 0 aromatic rings. The molecule has 0 saturated heterocycles. The average molecular weight is 206 g/mol. The number of hydrogen-bond acceptors (Lipinski definition) is 4. The summed E-state index contributed by atoms with van der Waals surface area (Å²) < 4.78 is 32.0. The van der Waals surface area contributed by atoms with Gasteiger partial charge in [-0.15, -0.1) is 0 Å². The highest BCUT2D eigenvalue weighted by molar-refractivity contribution is 7.81. The molecule has 76 valence electrons. The number of rotatable bonds is 4. The van der Waals surface area contributed by atoms with Crippen LogP contribution >= 0.6 is 0 Å². The van der Waals surface area contributed by atoms with Gasteiger partial charge in [0.2, 0.25) is 0 Å². The smallest absolute Gasteiger partial charge is 0.245 e. The van der Waals surface area contributed by atoms with Gasteiger partial charge < -0.3 is 0 Å². The Bertz CT molecular complexity index is 242. The lowest BCUT2D eigenvalue weighted by Crippen LogP contribution is -2.31. The topological polar surface area (TPSA) is 52.6 Å². The molecular formula is C8H14O4S. The summed E-state index contributed by atoms with van der Waals surface area (Å²) in [5.74, 6) is 0. The summed E-state index contributed by atoms with van der Waals surface area (Å²) in [7, 11) is -3.70. The molecule has 2 aliphatic rings. The molecule has 0 N–H and O–H groups in total. The van der Waals surface area contributed by atoms with Crippen LogP contribution in [0, 0.1) is 0 Å². The lowest BCUT2D eigenvalue weighted by molar-refractivity contribution is 0.0581. The monoisotopic (exact) mass is 206 g/mol. The molecule has 13 heavy (non-hydrogen) atoms. The molecule has 0 atom stereocenters. The fourth-order valence-electron chi connectivity index (χ4n) is 1.29. The lowest BCUT2D eigenvalue weighted by Gasteiger charge is -2.28. The lowest BCUT2D eigenvalue weighted by atomic mass is 9.97. The maximum Gasteiger partial charge on any atom is 0.400 e. The van der Waals surface area contributed by atoms with Crippen LogP contribution < -0.4 is 0 Å². The molecule has 0 unspecified atom stereocenters. The van der Waals surface area contributed by atoms with Gasteiger partial charge in [0.15, 0.2) is 0 Å². The third-order valence-corrected chi connectivity index (χ3v) is 3.63. The Labute approximate surface area is 78.6 Å². The van der Waals surface area contributed by atoms with Crippen molar-refractivity contribution >= 4 is 10.4 Å². The van der Waals surface area contributed by atoms with Crippen molar-refractivity contribution in [3.8, 4) is 0 Å². The molecule has 0 aromatic carbocycles. The standard InChI is InChI=1S/C8H14O4S/c9-13(10,11-7-3-1-4-7)12-8-5-2-6-8/h7-8H,1-6H2. The summed E-state index contributed by atoms with van der Waals surface area (Å²) in [6.07, 6.45) is 5.24. The molecule has 5 heteroatoms. The van der Waals surface area contributed by atoms with E-state index in [4.69, 9.17) is 8.37 Å². The Hall–Kier alpha value is -0.130. The highest BCUT2D eigenvalue weighted by Crippen LogP contribution is 2.28. The molecule has 0 bridgehead atoms. The Balaban J connectivity index is 1.79. The molecule has 0 radical (unpaired) electrons. The third kappa shape index (κ3) is 2.42. The maximum absolute atomic E-state index is 11.2. The van der Waals surface area contributed by atoms with Crippen LogP contribution in [0.3, 0.4) is 0 Å². The second-order valence-corrected chi connectivity index (χ2v) is 4.91. The Morgan fingerprint density at radius 1 is 0.846 bits per heavy atom. The van der Waals surface area contributed by atoms with Crippen molar-refractivity contribution in [2.75, 3.05) is 0 Å². The van der Waals surface area contributed by atoms with Crippen molar-refractivity contribution in [3.05, 3.63) is 0 Å². The van der Waals surface area contributed by atoms with E-state index < -0.39 is 10.4 Å². The first-order chi connectivity index (χ1) is 6.16. The van der Waals surface area contributed by atoms with E-state index in [1.54, 1.807) is 0 Å². The summed E-state index contributed by atoms with van der Waals surface area (Å²) in [5, 5.41) is 0. The van der Waals surface area contributed by atoms with Gasteiger partial charge in [0.05, 0.1) is 12.2 Å². The Morgan fingerprint density at radius 3 is 1.46 bits per heavy atom. The van der Waals surface area contributed by atoms with Gasteiger partial charge in [0, 0.05) is 0 Å². The summed E-state index contributed by atoms with van der Waals surface area (Å²) in [6.45, 7) is 0. The van der Waals surface area contributed by atoms with E-state index in [-0.39, 0.29) is 12.2 Å². The van der Waals surface area contributed by atoms with Crippen molar-refractivity contribution in [2.45, 2.75) is 50.7 Å². The maximum atomic E-state index is 11.2. The first kappa shape index (κ1) is 9.43. The zero-order valence-corrected chi connectivity index (χ0v) is 8.26. The molecule has 0 aromatic heterocycles. The van der Waals surface area contributed by atoms with Crippen LogP contribution in [0.25, 0.3) is 0 Å². The summed E-state index contributed by atoms with van der Waals surface area (Å²) in [4.78, 5) is 0. The fraction of sp³-hybridized carbons (Fsp3) is 1.00. The molecule has 4 nitrogen and oxygen atoms in total. The molecule has 0 amide bonds. The van der Waals surface area contributed by atoms with E-state index in [9.17, 15) is 8.42 Å². The second-order valence-electron chi connectivity index (χ2n) is 3.71. The quantitative estimate of drug-likeness (QED) is 0.697. The first-order valence-corrected chi connectivity index (χ1v) is 6.10. The largest absolute Gasteiger partial charge is 0.400 e. The van der Waals surface area contributed by atoms with Crippen molar-refractivity contribution in [1.29, 1.82) is 0 Å². The highest BCUT2D eigenvalue weighted by atomic mass is 32.3. The first-order valence-electron chi connectivity index (χ1n) is 4.77. The van der Waals surface area contributed by atoms with Crippen molar-refractivity contribution in [2.24, 2.45) is 0 Å². The average Bonchev–Trinajstić information content (AvgIpc) is 1.90. The van der Waals surface area contributed by atoms with Crippen LogP contribution in [0.1, 0.15) is 38.5 Å². The molecule has 2 fully saturated rings. The molecular weight excluding hydrogens is 192 g/mol. The van der Waals surface area contributed by atoms with Gasteiger partial charge in [0.1, 0.15) is 0 Å². The minimum absolute atomic E-state index is 0.120. The van der Waals surface area contributed by atoms with E-state index in [1.807, 2.05) is 0 Å². The van der Waals surface area contributed by atoms with Crippen LogP contribution in [-0.2, 0) is 18.8 Å². The van der Waals surface area contributed by atoms with Gasteiger partial charge in [0.25, 0.3) is 0 Å². The van der Waals surface area contributed by atoms with Gasteiger partial charge in [-0.1, -0.05) is 0 Å². The van der Waals surface area contributed by atoms with Gasteiger partial charge in [-0.05, 0) is 38.5 Å². The number of hydrogen-bond donors (Lipinski definition) is 0. The van der Waals surface area contributed by atoms with Crippen LogP contribution in [-0.4, -0.2) is 20.6 Å². The van der Waals surface area contributed by atoms with Gasteiger partial charge in [-0.3, -0.25) is 0 Å². The zero-order valence-electron chi connectivity index (χ0n) is 7.44. The van der Waals surface area contributed by atoms with Crippen LogP contribution in [0.2, 0.25) is 0 Å². The fourth-order valence-corrected chi connectivity index (χ4v) is 2.39. The molecule has 2 saturated carbocycles. The van der Waals surface area contributed by atoms with Crippen molar-refractivity contribution < 1.29 is 16.8 Å². The SMILES string of the molecule is O=S(=O)(OC1CCC1)OC1CCC1. The van der Waals surface area contributed by atoms with E-state index in [2.05, 4.69) is 0 Å². The minimum Gasteiger partial charge on any atom is -0.245 e. The summed E-state index contributed by atoms with van der Waals surface area (Å²) in [5.41, 5.74) is 0. The summed E-state index contributed by atoms with van der Waals surface area (Å²) >= 11 is 0. The minimum atomic E-state index is -3.70. The van der Waals surface area contributed by atoms with Gasteiger partial charge >= 0.3 is 10.4 Å². The predicted octanol–water partition coefficient (Wildman–Crippen LogP) is 1.37. The Morgan fingerprint density at radius 2 is 1.23 bits per heavy atom. The third-order valence-electron chi connectivity index (χ3n) is 2.61. The van der Waals surface area contributed by atoms with Gasteiger partial charge in [-0.2, -0.15) is 8.42 Å². The zero-order chi connectivity index (χ0) is 9.31. The van der Waals surface area contributed by atoms with Crippen LogP contribution in [0.5, 0.6) is 0 Å². The normalized spacial score (nSPS) is 25.2.